The van der Waals surface area contributed by atoms with Crippen molar-refractivity contribution < 1.29 is 28.6 Å². The molecule has 1 aromatic carbocycles. The highest BCUT2D eigenvalue weighted by molar-refractivity contribution is 6.09. The number of amides is 2. The average molecular weight is 434 g/mol. The number of nitrogens with zero attached hydrogens (tertiary/aromatic N) is 2. The third kappa shape index (κ3) is 7.93. The van der Waals surface area contributed by atoms with Crippen LogP contribution in [0, 0.1) is 0 Å². The molecule has 9 heteroatoms. The highest BCUT2D eigenvalue weighted by Gasteiger charge is 2.30. The number of oxime groups is 1. The highest BCUT2D eigenvalue weighted by Crippen LogP contribution is 2.20. The Hall–Kier alpha value is -3.07. The van der Waals surface area contributed by atoms with Crippen molar-refractivity contribution in [1.82, 2.24) is 10.4 Å². The van der Waals surface area contributed by atoms with Crippen LogP contribution in [-0.2, 0) is 19.0 Å². The van der Waals surface area contributed by atoms with Gasteiger partial charge in [-0.05, 0) is 47.6 Å². The maximum atomic E-state index is 12.8. The van der Waals surface area contributed by atoms with E-state index in [1.165, 1.54) is 7.11 Å². The van der Waals surface area contributed by atoms with Crippen molar-refractivity contribution >= 4 is 17.9 Å². The average Bonchev–Trinajstić information content (AvgIpc) is 2.65. The molecule has 2 amide bonds. The lowest BCUT2D eigenvalue weighted by Gasteiger charge is -2.31. The number of rotatable bonds is 4. The molecule has 1 unspecified atom stereocenters. The van der Waals surface area contributed by atoms with Gasteiger partial charge in [-0.3, -0.25) is 0 Å². The van der Waals surface area contributed by atoms with Crippen LogP contribution in [-0.4, -0.2) is 54.1 Å². The van der Waals surface area contributed by atoms with Crippen LogP contribution in [0.25, 0.3) is 0 Å². The Labute approximate surface area is 182 Å². The molecule has 0 bridgehead atoms. The third-order valence-electron chi connectivity index (χ3n) is 3.73. The topological polar surface area (TPSA) is 98.7 Å². The van der Waals surface area contributed by atoms with Gasteiger partial charge in [0.25, 0.3) is 6.29 Å². The zero-order chi connectivity index (χ0) is 23.2. The van der Waals surface area contributed by atoms with E-state index in [1.807, 2.05) is 30.3 Å². The van der Waals surface area contributed by atoms with Crippen LogP contribution in [0.2, 0.25) is 0 Å². The van der Waals surface area contributed by atoms with Crippen molar-refractivity contribution in [3.63, 3.8) is 0 Å². The summed E-state index contributed by atoms with van der Waals surface area (Å²) in [5.74, 6) is 0. The number of benzene rings is 1. The predicted molar refractivity (Wildman–Crippen MR) is 115 cm³/mol. The number of nitrogens with one attached hydrogen (secondary N) is 1. The molecule has 2 rings (SSSR count). The van der Waals surface area contributed by atoms with Crippen LogP contribution in [0.4, 0.5) is 9.59 Å². The first-order valence-corrected chi connectivity index (χ1v) is 9.90. The number of hydrazine groups is 1. The molecule has 170 valence electrons. The SMILES string of the molecule is COC1ON=C(c2ccccc2)C=C1CN(NC(=O)OC(C)(C)C)C(=O)OC(C)(C)C. The number of ether oxygens (including phenoxy) is 3. The Bertz CT molecular complexity index is 837. The number of methoxy groups -OCH3 is 1. The maximum Gasteiger partial charge on any atom is 0.429 e. The zero-order valence-corrected chi connectivity index (χ0v) is 19.1. The number of carbonyl (C=O) groups excluding carboxylic acids is 2. The summed E-state index contributed by atoms with van der Waals surface area (Å²) in [5.41, 5.74) is 2.89. The summed E-state index contributed by atoms with van der Waals surface area (Å²) in [4.78, 5) is 30.6. The summed E-state index contributed by atoms with van der Waals surface area (Å²) in [6.45, 7) is 10.3. The Morgan fingerprint density at radius 1 is 1.06 bits per heavy atom. The summed E-state index contributed by atoms with van der Waals surface area (Å²) in [7, 11) is 1.46. The van der Waals surface area contributed by atoms with Crippen molar-refractivity contribution in [1.29, 1.82) is 0 Å². The molecule has 1 atom stereocenters. The molecule has 0 fully saturated rings. The number of carbonyl (C=O) groups is 2. The number of hydrogen-bond acceptors (Lipinski definition) is 7. The van der Waals surface area contributed by atoms with Gasteiger partial charge < -0.3 is 19.0 Å². The van der Waals surface area contributed by atoms with E-state index in [4.69, 9.17) is 19.0 Å². The second-order valence-electron chi connectivity index (χ2n) is 8.92. The molecule has 9 nitrogen and oxygen atoms in total. The Morgan fingerprint density at radius 2 is 1.68 bits per heavy atom. The van der Waals surface area contributed by atoms with E-state index in [2.05, 4.69) is 10.6 Å². The van der Waals surface area contributed by atoms with Crippen LogP contribution in [0.3, 0.4) is 0 Å². The number of hydrogen-bond donors (Lipinski definition) is 1. The van der Waals surface area contributed by atoms with E-state index in [-0.39, 0.29) is 6.54 Å². The van der Waals surface area contributed by atoms with Crippen LogP contribution in [0.15, 0.2) is 47.1 Å². The largest absolute Gasteiger partial charge is 0.443 e. The fourth-order valence-electron chi connectivity index (χ4n) is 2.56. The van der Waals surface area contributed by atoms with Crippen molar-refractivity contribution in [3.8, 4) is 0 Å². The minimum Gasteiger partial charge on any atom is -0.443 e. The first-order valence-electron chi connectivity index (χ1n) is 9.90. The molecule has 1 N–H and O–H groups in total. The van der Waals surface area contributed by atoms with E-state index >= 15 is 0 Å². The Balaban J connectivity index is 2.28. The van der Waals surface area contributed by atoms with Gasteiger partial charge in [0, 0.05) is 18.2 Å². The standard InChI is InChI=1S/C22H31N3O6/c1-21(2,3)29-19(26)23-25(20(27)30-22(4,5)6)14-16-13-17(24-31-18(16)28-7)15-11-9-8-10-12-15/h8-13,18H,14H2,1-7H3,(H,23,26). The molecular weight excluding hydrogens is 402 g/mol. The van der Waals surface area contributed by atoms with Gasteiger partial charge >= 0.3 is 12.2 Å². The lowest BCUT2D eigenvalue weighted by molar-refractivity contribution is -0.103. The molecule has 1 aromatic rings. The normalized spacial score (nSPS) is 16.4. The summed E-state index contributed by atoms with van der Waals surface area (Å²) in [5, 5.41) is 5.11. The summed E-state index contributed by atoms with van der Waals surface area (Å²) in [6.07, 6.45) is -0.626. The van der Waals surface area contributed by atoms with Crippen LogP contribution < -0.4 is 5.43 Å². The first kappa shape index (κ1) is 24.2. The second kappa shape index (κ2) is 9.82. The summed E-state index contributed by atoms with van der Waals surface area (Å²) in [6, 6.07) is 9.42. The van der Waals surface area contributed by atoms with Gasteiger partial charge in [-0.15, -0.1) is 0 Å². The molecule has 0 saturated heterocycles. The predicted octanol–water partition coefficient (Wildman–Crippen LogP) is 4.00. The highest BCUT2D eigenvalue weighted by atomic mass is 16.8. The molecule has 31 heavy (non-hydrogen) atoms. The van der Waals surface area contributed by atoms with E-state index in [0.717, 1.165) is 10.6 Å². The van der Waals surface area contributed by atoms with Gasteiger partial charge in [-0.1, -0.05) is 35.5 Å². The fraction of sp³-hybridized carbons (Fsp3) is 0.500. The van der Waals surface area contributed by atoms with Gasteiger partial charge in [-0.2, -0.15) is 0 Å². The summed E-state index contributed by atoms with van der Waals surface area (Å²) >= 11 is 0. The summed E-state index contributed by atoms with van der Waals surface area (Å²) < 4.78 is 16.0. The van der Waals surface area contributed by atoms with Crippen molar-refractivity contribution in [2.24, 2.45) is 5.16 Å². The quantitative estimate of drug-likeness (QED) is 0.721. The van der Waals surface area contributed by atoms with Gasteiger partial charge in [0.15, 0.2) is 0 Å². The van der Waals surface area contributed by atoms with E-state index < -0.39 is 29.7 Å². The molecule has 0 saturated carbocycles. The Morgan fingerprint density at radius 3 is 2.23 bits per heavy atom. The molecule has 0 spiro atoms. The molecular formula is C22H31N3O6. The smallest absolute Gasteiger partial charge is 0.429 e. The molecule has 0 aliphatic carbocycles. The lowest BCUT2D eigenvalue weighted by Crippen LogP contribution is -2.51. The van der Waals surface area contributed by atoms with Crippen LogP contribution in [0.1, 0.15) is 47.1 Å². The first-order chi connectivity index (χ1) is 14.4. The van der Waals surface area contributed by atoms with E-state index in [9.17, 15) is 9.59 Å². The van der Waals surface area contributed by atoms with Crippen LogP contribution in [0.5, 0.6) is 0 Å². The van der Waals surface area contributed by atoms with Gasteiger partial charge in [0.2, 0.25) is 0 Å². The number of allylic oxidation sites excluding steroid dienone is 1. The minimum atomic E-state index is -0.835. The molecule has 1 aliphatic rings. The van der Waals surface area contributed by atoms with Gasteiger partial charge in [0.05, 0.1) is 6.54 Å². The van der Waals surface area contributed by atoms with Crippen molar-refractivity contribution in [2.45, 2.75) is 59.0 Å². The van der Waals surface area contributed by atoms with E-state index in [0.29, 0.717) is 11.3 Å². The molecule has 1 aliphatic heterocycles. The lowest BCUT2D eigenvalue weighted by atomic mass is 10.1. The zero-order valence-electron chi connectivity index (χ0n) is 19.1. The van der Waals surface area contributed by atoms with E-state index in [1.54, 1.807) is 47.6 Å². The fourth-order valence-corrected chi connectivity index (χ4v) is 2.56. The third-order valence-corrected chi connectivity index (χ3v) is 3.73. The molecule has 1 heterocycles. The monoisotopic (exact) mass is 433 g/mol. The van der Waals surface area contributed by atoms with Crippen molar-refractivity contribution in [3.05, 3.63) is 47.5 Å². The minimum absolute atomic E-state index is 0.0709. The molecule has 0 aromatic heterocycles. The van der Waals surface area contributed by atoms with Gasteiger partial charge in [0.1, 0.15) is 16.9 Å². The maximum absolute atomic E-state index is 12.8. The molecule has 0 radical (unpaired) electrons. The Kier molecular flexibility index (Phi) is 7.67. The van der Waals surface area contributed by atoms with Gasteiger partial charge in [-0.25, -0.2) is 20.0 Å². The van der Waals surface area contributed by atoms with Crippen LogP contribution >= 0.6 is 0 Å². The van der Waals surface area contributed by atoms with Crippen molar-refractivity contribution in [2.75, 3.05) is 13.7 Å². The second-order valence-corrected chi connectivity index (χ2v) is 8.92.